The number of benzene rings is 2. The maximum absolute atomic E-state index is 13.5. The first-order valence-corrected chi connectivity index (χ1v) is 8.51. The first-order chi connectivity index (χ1) is 11.1. The number of aliphatic hydroxyl groups excluding tert-OH is 1. The molecular weight excluding hydrogens is 345 g/mol. The molecule has 0 fully saturated rings. The van der Waals surface area contributed by atoms with Gasteiger partial charge < -0.3 is 10.2 Å². The van der Waals surface area contributed by atoms with Crippen LogP contribution in [0.3, 0.4) is 0 Å². The summed E-state index contributed by atoms with van der Waals surface area (Å²) in [6, 6.07) is 6.67. The number of hydrogen-bond acceptors (Lipinski definition) is 4. The van der Waals surface area contributed by atoms with Gasteiger partial charge in [-0.1, -0.05) is 18.2 Å². The molecule has 3 atom stereocenters. The lowest BCUT2D eigenvalue weighted by molar-refractivity contribution is 0.00653. The fraction of sp³-hybridized carbons (Fsp3) is 0.250. The molecule has 2 N–H and O–H groups in total. The molecular formula is C16H13F3O4S. The summed E-state index contributed by atoms with van der Waals surface area (Å²) in [5.41, 5.74) is -2.75. The summed E-state index contributed by atoms with van der Waals surface area (Å²) in [5.74, 6) is -4.85. The van der Waals surface area contributed by atoms with Gasteiger partial charge in [0.1, 0.15) is 17.0 Å². The Balaban J connectivity index is 2.18. The molecule has 0 amide bonds. The van der Waals surface area contributed by atoms with Gasteiger partial charge in [0.25, 0.3) is 0 Å². The fourth-order valence-corrected chi connectivity index (χ4v) is 5.36. The summed E-state index contributed by atoms with van der Waals surface area (Å²) in [6.07, 6.45) is -1.60. The largest absolute Gasteiger partial charge is 0.387 e. The lowest BCUT2D eigenvalue weighted by Crippen LogP contribution is -2.43. The van der Waals surface area contributed by atoms with Gasteiger partial charge in [-0.15, -0.1) is 0 Å². The predicted octanol–water partition coefficient (Wildman–Crippen LogP) is 2.20. The van der Waals surface area contributed by atoms with Gasteiger partial charge >= 0.3 is 0 Å². The van der Waals surface area contributed by atoms with Crippen LogP contribution < -0.4 is 0 Å². The van der Waals surface area contributed by atoms with Crippen LogP contribution in [0.15, 0.2) is 41.3 Å². The van der Waals surface area contributed by atoms with Crippen molar-refractivity contribution in [3.63, 3.8) is 0 Å². The summed E-state index contributed by atoms with van der Waals surface area (Å²) >= 11 is 0. The minimum absolute atomic E-state index is 0.0887. The van der Waals surface area contributed by atoms with Crippen LogP contribution in [0.2, 0.25) is 0 Å². The van der Waals surface area contributed by atoms with E-state index in [0.717, 1.165) is 6.92 Å². The Hall–Kier alpha value is -1.90. The van der Waals surface area contributed by atoms with Crippen molar-refractivity contribution in [2.75, 3.05) is 0 Å². The van der Waals surface area contributed by atoms with E-state index in [9.17, 15) is 31.8 Å². The van der Waals surface area contributed by atoms with Crippen molar-refractivity contribution in [3.8, 4) is 0 Å². The average molecular weight is 358 g/mol. The highest BCUT2D eigenvalue weighted by Gasteiger charge is 2.54. The zero-order valence-electron chi connectivity index (χ0n) is 12.4. The molecule has 128 valence electrons. The topological polar surface area (TPSA) is 74.6 Å². The highest BCUT2D eigenvalue weighted by Crippen LogP contribution is 2.47. The first-order valence-electron chi connectivity index (χ1n) is 6.96. The van der Waals surface area contributed by atoms with Crippen LogP contribution in [0.1, 0.15) is 24.2 Å². The van der Waals surface area contributed by atoms with Crippen molar-refractivity contribution < 1.29 is 31.8 Å². The first kappa shape index (κ1) is 16.9. The molecule has 1 aliphatic heterocycles. The maximum Gasteiger partial charge on any atom is 0.194 e. The summed E-state index contributed by atoms with van der Waals surface area (Å²) in [7, 11) is -4.18. The van der Waals surface area contributed by atoms with Crippen molar-refractivity contribution in [1.82, 2.24) is 0 Å². The van der Waals surface area contributed by atoms with Crippen molar-refractivity contribution >= 4 is 9.84 Å². The smallest absolute Gasteiger partial charge is 0.194 e. The average Bonchev–Trinajstić information content (AvgIpc) is 2.72. The SMILES string of the molecule is CC(O)(c1cc(F)c(F)c(F)c1)C1C(O)c2ccccc2S1(=O)=O. The molecule has 0 saturated carbocycles. The van der Waals surface area contributed by atoms with Crippen LogP contribution in [0.4, 0.5) is 13.2 Å². The van der Waals surface area contributed by atoms with E-state index in [-0.39, 0.29) is 10.5 Å². The van der Waals surface area contributed by atoms with E-state index < -0.39 is 49.8 Å². The molecule has 24 heavy (non-hydrogen) atoms. The third-order valence-electron chi connectivity index (χ3n) is 4.29. The molecule has 0 spiro atoms. The summed E-state index contributed by atoms with van der Waals surface area (Å²) in [4.78, 5) is -0.161. The van der Waals surface area contributed by atoms with Crippen LogP contribution in [0, 0.1) is 17.5 Å². The molecule has 3 unspecified atom stereocenters. The molecule has 1 aliphatic rings. The van der Waals surface area contributed by atoms with Crippen LogP contribution in [0.25, 0.3) is 0 Å². The minimum Gasteiger partial charge on any atom is -0.387 e. The second kappa shape index (κ2) is 5.30. The predicted molar refractivity (Wildman–Crippen MR) is 78.3 cm³/mol. The lowest BCUT2D eigenvalue weighted by atomic mass is 9.87. The van der Waals surface area contributed by atoms with E-state index in [1.54, 1.807) is 0 Å². The van der Waals surface area contributed by atoms with E-state index >= 15 is 0 Å². The monoisotopic (exact) mass is 358 g/mol. The molecule has 0 aliphatic carbocycles. The minimum atomic E-state index is -4.18. The molecule has 1 heterocycles. The second-order valence-corrected chi connectivity index (χ2v) is 7.89. The summed E-state index contributed by atoms with van der Waals surface area (Å²) in [6.45, 7) is 1.01. The van der Waals surface area contributed by atoms with Gasteiger partial charge in [-0.3, -0.25) is 0 Å². The van der Waals surface area contributed by atoms with E-state index in [1.807, 2.05) is 0 Å². The van der Waals surface area contributed by atoms with E-state index in [1.165, 1.54) is 24.3 Å². The van der Waals surface area contributed by atoms with Crippen molar-refractivity contribution in [2.45, 2.75) is 28.8 Å². The van der Waals surface area contributed by atoms with Gasteiger partial charge in [0.05, 0.1) is 4.90 Å². The third-order valence-corrected chi connectivity index (χ3v) is 6.66. The number of halogens is 3. The Bertz CT molecular complexity index is 902. The number of sulfone groups is 1. The Kier molecular flexibility index (Phi) is 3.74. The maximum atomic E-state index is 13.5. The zero-order valence-corrected chi connectivity index (χ0v) is 13.2. The van der Waals surface area contributed by atoms with Crippen LogP contribution >= 0.6 is 0 Å². The van der Waals surface area contributed by atoms with Gasteiger partial charge in [0, 0.05) is 5.56 Å². The standard InChI is InChI=1S/C16H13F3O4S/c1-16(21,8-6-10(17)13(19)11(18)7-8)15-14(20)9-4-2-3-5-12(9)24(15,22)23/h2-7,14-15,20-21H,1H3. The Labute approximate surface area is 136 Å². The van der Waals surface area contributed by atoms with Gasteiger partial charge in [0.15, 0.2) is 27.3 Å². The molecule has 2 aromatic rings. The van der Waals surface area contributed by atoms with Gasteiger partial charge in [-0.25, -0.2) is 21.6 Å². The lowest BCUT2D eigenvalue weighted by Gasteiger charge is -2.32. The van der Waals surface area contributed by atoms with Gasteiger partial charge in [-0.2, -0.15) is 0 Å². The normalized spacial score (nSPS) is 24.4. The number of fused-ring (bicyclic) bond motifs is 1. The summed E-state index contributed by atoms with van der Waals surface area (Å²) < 4.78 is 65.4. The quantitative estimate of drug-likeness (QED) is 0.807. The Morgan fingerprint density at radius 3 is 2.17 bits per heavy atom. The van der Waals surface area contributed by atoms with Crippen LogP contribution in [-0.2, 0) is 15.4 Å². The molecule has 0 radical (unpaired) electrons. The van der Waals surface area contributed by atoms with E-state index in [2.05, 4.69) is 0 Å². The van der Waals surface area contributed by atoms with E-state index in [4.69, 9.17) is 0 Å². The summed E-state index contributed by atoms with van der Waals surface area (Å²) in [5, 5.41) is 19.3. The van der Waals surface area contributed by atoms with Gasteiger partial charge in [0.2, 0.25) is 0 Å². The second-order valence-electron chi connectivity index (χ2n) is 5.85. The fourth-order valence-electron chi connectivity index (χ4n) is 3.08. The zero-order chi connectivity index (χ0) is 17.9. The number of rotatable bonds is 2. The van der Waals surface area contributed by atoms with Crippen LogP contribution in [0.5, 0.6) is 0 Å². The molecule has 0 saturated heterocycles. The molecule has 3 rings (SSSR count). The highest BCUT2D eigenvalue weighted by atomic mass is 32.2. The number of aliphatic hydroxyl groups is 2. The Morgan fingerprint density at radius 2 is 1.62 bits per heavy atom. The molecule has 2 aromatic carbocycles. The Morgan fingerprint density at radius 1 is 1.08 bits per heavy atom. The molecule has 0 aromatic heterocycles. The third kappa shape index (κ3) is 2.25. The van der Waals surface area contributed by atoms with Crippen molar-refractivity contribution in [1.29, 1.82) is 0 Å². The number of hydrogen-bond donors (Lipinski definition) is 2. The molecule has 0 bridgehead atoms. The van der Waals surface area contributed by atoms with E-state index in [0.29, 0.717) is 12.1 Å². The van der Waals surface area contributed by atoms with Crippen LogP contribution in [-0.4, -0.2) is 23.9 Å². The highest BCUT2D eigenvalue weighted by molar-refractivity contribution is 7.92. The molecule has 8 heteroatoms. The molecule has 4 nitrogen and oxygen atoms in total. The van der Waals surface area contributed by atoms with Crippen molar-refractivity contribution in [2.24, 2.45) is 0 Å². The van der Waals surface area contributed by atoms with Gasteiger partial charge in [-0.05, 0) is 30.7 Å². The van der Waals surface area contributed by atoms with Crippen molar-refractivity contribution in [3.05, 3.63) is 65.0 Å².